The highest BCUT2D eigenvalue weighted by atomic mass is 16.5. The molecule has 1 aliphatic carbocycles. The van der Waals surface area contributed by atoms with Gasteiger partial charge in [0.15, 0.2) is 0 Å². The van der Waals surface area contributed by atoms with Crippen molar-refractivity contribution >= 4 is 5.91 Å². The Morgan fingerprint density at radius 2 is 2.17 bits per heavy atom. The third-order valence-corrected chi connectivity index (χ3v) is 4.97. The molecule has 0 aromatic carbocycles. The second kappa shape index (κ2) is 8.09. The summed E-state index contributed by atoms with van der Waals surface area (Å²) in [4.78, 5) is 16.9. The molecule has 2 unspecified atom stereocenters. The van der Waals surface area contributed by atoms with Gasteiger partial charge in [-0.05, 0) is 39.5 Å². The third-order valence-electron chi connectivity index (χ3n) is 4.97. The van der Waals surface area contributed by atoms with E-state index < -0.39 is 5.54 Å². The van der Waals surface area contributed by atoms with Gasteiger partial charge in [-0.15, -0.1) is 0 Å². The summed E-state index contributed by atoms with van der Waals surface area (Å²) in [7, 11) is 0. The Labute approximate surface area is 139 Å². The van der Waals surface area contributed by atoms with E-state index in [1.807, 2.05) is 13.8 Å². The number of hydrogen-bond acceptors (Lipinski definition) is 5. The van der Waals surface area contributed by atoms with Gasteiger partial charge in [0.05, 0.1) is 19.2 Å². The lowest BCUT2D eigenvalue weighted by molar-refractivity contribution is -0.124. The Morgan fingerprint density at radius 1 is 1.43 bits per heavy atom. The van der Waals surface area contributed by atoms with Crippen molar-refractivity contribution in [1.82, 2.24) is 15.1 Å². The van der Waals surface area contributed by atoms with Gasteiger partial charge >= 0.3 is 0 Å². The molecule has 0 bridgehead atoms. The van der Waals surface area contributed by atoms with Crippen LogP contribution < -0.4 is 5.32 Å². The first-order chi connectivity index (χ1) is 11.0. The quantitative estimate of drug-likeness (QED) is 0.671. The van der Waals surface area contributed by atoms with Gasteiger partial charge < -0.3 is 10.1 Å². The number of piperazine rings is 1. The molecule has 6 nitrogen and oxygen atoms in total. The maximum atomic E-state index is 12.3. The number of carbonyl (C=O) groups is 1. The molecule has 1 saturated heterocycles. The summed E-state index contributed by atoms with van der Waals surface area (Å²) in [6.45, 7) is 11.6. The van der Waals surface area contributed by atoms with Crippen LogP contribution in [0.25, 0.3) is 0 Å². The molecule has 1 aliphatic heterocycles. The number of nitrogens with zero attached hydrogens (tertiary/aromatic N) is 3. The Hall–Kier alpha value is -1.16. The van der Waals surface area contributed by atoms with E-state index in [1.165, 1.54) is 0 Å². The Kier molecular flexibility index (Phi) is 6.40. The summed E-state index contributed by atoms with van der Waals surface area (Å²) >= 11 is 0. The molecule has 1 heterocycles. The van der Waals surface area contributed by atoms with E-state index in [0.29, 0.717) is 18.5 Å². The van der Waals surface area contributed by atoms with Crippen molar-refractivity contribution in [3.8, 4) is 6.07 Å². The minimum atomic E-state index is -0.692. The van der Waals surface area contributed by atoms with Gasteiger partial charge in [0.2, 0.25) is 5.91 Å². The van der Waals surface area contributed by atoms with Gasteiger partial charge in [0.25, 0.3) is 0 Å². The van der Waals surface area contributed by atoms with Crippen molar-refractivity contribution in [3.05, 3.63) is 0 Å². The van der Waals surface area contributed by atoms with Crippen LogP contribution in [-0.2, 0) is 9.53 Å². The summed E-state index contributed by atoms with van der Waals surface area (Å²) in [5, 5.41) is 12.3. The zero-order valence-corrected chi connectivity index (χ0v) is 14.7. The van der Waals surface area contributed by atoms with Crippen molar-refractivity contribution in [1.29, 1.82) is 5.26 Å². The standard InChI is InChI=1S/C17H30N4O2/c1-4-23-10-9-21-8-7-20(11-14(21)2)12-16(22)19-17(3,13-18)15-5-6-15/h14-15H,4-12H2,1-3H3,(H,19,22). The fraction of sp³-hybridized carbons (Fsp3) is 0.882. The van der Waals surface area contributed by atoms with Crippen LogP contribution in [0.3, 0.4) is 0 Å². The average Bonchev–Trinajstić information content (AvgIpc) is 3.34. The molecule has 2 rings (SSSR count). The van der Waals surface area contributed by atoms with Crippen LogP contribution in [0.4, 0.5) is 0 Å². The summed E-state index contributed by atoms with van der Waals surface area (Å²) in [6.07, 6.45) is 2.08. The predicted molar refractivity (Wildman–Crippen MR) is 88.9 cm³/mol. The lowest BCUT2D eigenvalue weighted by atomic mass is 9.98. The molecule has 0 spiro atoms. The minimum absolute atomic E-state index is 0.0316. The Balaban J connectivity index is 1.74. The number of nitrogens with one attached hydrogen (secondary N) is 1. The van der Waals surface area contributed by atoms with Crippen LogP contribution in [0.15, 0.2) is 0 Å². The molecule has 0 aromatic rings. The van der Waals surface area contributed by atoms with Gasteiger partial charge in [-0.2, -0.15) is 5.26 Å². The van der Waals surface area contributed by atoms with Gasteiger partial charge in [-0.25, -0.2) is 0 Å². The highest BCUT2D eigenvalue weighted by Crippen LogP contribution is 2.39. The zero-order valence-electron chi connectivity index (χ0n) is 14.7. The molecule has 1 saturated carbocycles. The van der Waals surface area contributed by atoms with E-state index in [4.69, 9.17) is 4.74 Å². The van der Waals surface area contributed by atoms with Gasteiger partial charge in [-0.3, -0.25) is 14.6 Å². The minimum Gasteiger partial charge on any atom is -0.380 e. The van der Waals surface area contributed by atoms with Crippen LogP contribution in [0.5, 0.6) is 0 Å². The van der Waals surface area contributed by atoms with Crippen molar-refractivity contribution in [2.45, 2.75) is 45.2 Å². The van der Waals surface area contributed by atoms with E-state index in [0.717, 1.165) is 52.2 Å². The molecule has 1 N–H and O–H groups in total. The average molecular weight is 322 g/mol. The summed E-state index contributed by atoms with van der Waals surface area (Å²) < 4.78 is 5.42. The Bertz CT molecular complexity index is 446. The number of nitriles is 1. The van der Waals surface area contributed by atoms with Gasteiger partial charge in [0.1, 0.15) is 5.54 Å². The first kappa shape index (κ1) is 18.2. The van der Waals surface area contributed by atoms with Gasteiger partial charge in [0, 0.05) is 38.8 Å². The van der Waals surface area contributed by atoms with Crippen LogP contribution in [0.1, 0.15) is 33.6 Å². The number of ether oxygens (including phenoxy) is 1. The molecule has 130 valence electrons. The van der Waals surface area contributed by atoms with Crippen molar-refractivity contribution in [3.63, 3.8) is 0 Å². The van der Waals surface area contributed by atoms with Crippen molar-refractivity contribution in [2.24, 2.45) is 5.92 Å². The SMILES string of the molecule is CCOCCN1CCN(CC(=O)NC(C)(C#N)C2CC2)CC1C. The number of hydrogen-bond donors (Lipinski definition) is 1. The molecule has 2 atom stereocenters. The maximum Gasteiger partial charge on any atom is 0.235 e. The number of carbonyl (C=O) groups excluding carboxylic acids is 1. The van der Waals surface area contributed by atoms with E-state index >= 15 is 0 Å². The van der Waals surface area contributed by atoms with Crippen molar-refractivity contribution in [2.75, 3.05) is 45.9 Å². The van der Waals surface area contributed by atoms with Crippen LogP contribution in [0, 0.1) is 17.2 Å². The second-order valence-corrected chi connectivity index (χ2v) is 6.95. The lowest BCUT2D eigenvalue weighted by Crippen LogP contribution is -2.56. The van der Waals surface area contributed by atoms with Crippen LogP contribution in [0.2, 0.25) is 0 Å². The zero-order chi connectivity index (χ0) is 16.9. The van der Waals surface area contributed by atoms with E-state index in [1.54, 1.807) is 0 Å². The third kappa shape index (κ3) is 5.17. The van der Waals surface area contributed by atoms with Gasteiger partial charge in [-0.1, -0.05) is 0 Å². The van der Waals surface area contributed by atoms with E-state index in [-0.39, 0.29) is 5.91 Å². The normalized spacial score (nSPS) is 25.6. The Morgan fingerprint density at radius 3 is 2.74 bits per heavy atom. The molecule has 2 fully saturated rings. The highest BCUT2D eigenvalue weighted by Gasteiger charge is 2.43. The molecule has 1 amide bonds. The summed E-state index contributed by atoms with van der Waals surface area (Å²) in [6, 6.07) is 2.70. The molecule has 2 aliphatic rings. The molecular formula is C17H30N4O2. The molecular weight excluding hydrogens is 292 g/mol. The predicted octanol–water partition coefficient (Wildman–Crippen LogP) is 0.837. The molecule has 23 heavy (non-hydrogen) atoms. The smallest absolute Gasteiger partial charge is 0.235 e. The lowest BCUT2D eigenvalue weighted by Gasteiger charge is -2.39. The van der Waals surface area contributed by atoms with Crippen molar-refractivity contribution < 1.29 is 9.53 Å². The number of amides is 1. The highest BCUT2D eigenvalue weighted by molar-refractivity contribution is 5.79. The molecule has 0 radical (unpaired) electrons. The van der Waals surface area contributed by atoms with E-state index in [2.05, 4.69) is 28.1 Å². The largest absolute Gasteiger partial charge is 0.380 e. The van der Waals surface area contributed by atoms with Crippen LogP contribution >= 0.6 is 0 Å². The summed E-state index contributed by atoms with van der Waals surface area (Å²) in [5.41, 5.74) is -0.692. The molecule has 6 heteroatoms. The number of rotatable bonds is 8. The fourth-order valence-corrected chi connectivity index (χ4v) is 3.29. The molecule has 0 aromatic heterocycles. The topological polar surface area (TPSA) is 68.6 Å². The fourth-order valence-electron chi connectivity index (χ4n) is 3.29. The summed E-state index contributed by atoms with van der Waals surface area (Å²) in [5.74, 6) is 0.293. The van der Waals surface area contributed by atoms with Crippen LogP contribution in [-0.4, -0.2) is 73.2 Å². The monoisotopic (exact) mass is 322 g/mol. The first-order valence-corrected chi connectivity index (χ1v) is 8.75. The van der Waals surface area contributed by atoms with E-state index in [9.17, 15) is 10.1 Å². The second-order valence-electron chi connectivity index (χ2n) is 6.95. The first-order valence-electron chi connectivity index (χ1n) is 8.75. The maximum absolute atomic E-state index is 12.3.